The maximum Gasteiger partial charge on any atom is 0.352 e. The van der Waals surface area contributed by atoms with Gasteiger partial charge in [0.2, 0.25) is 0 Å². The summed E-state index contributed by atoms with van der Waals surface area (Å²) in [6.45, 7) is 3.46. The summed E-state index contributed by atoms with van der Waals surface area (Å²) in [5.74, 6) is -0.855. The van der Waals surface area contributed by atoms with Crippen molar-refractivity contribution in [2.75, 3.05) is 13.7 Å². The molecule has 0 N–H and O–H groups in total. The fraction of sp³-hybridized carbons (Fsp3) is 0.353. The minimum absolute atomic E-state index is 0.213. The second-order valence-electron chi connectivity index (χ2n) is 5.68. The number of fused-ring (bicyclic) bond motifs is 1. The van der Waals surface area contributed by atoms with Crippen LogP contribution >= 0.6 is 22.9 Å². The molecule has 9 heteroatoms. The van der Waals surface area contributed by atoms with Crippen molar-refractivity contribution in [3.05, 3.63) is 39.8 Å². The fourth-order valence-corrected chi connectivity index (χ4v) is 4.05. The van der Waals surface area contributed by atoms with E-state index in [1.807, 2.05) is 38.1 Å². The molecule has 0 saturated heterocycles. The number of aromatic nitrogens is 3. The Morgan fingerprint density at radius 1 is 1.31 bits per heavy atom. The maximum absolute atomic E-state index is 12.4. The molecule has 7 nitrogen and oxygen atoms in total. The number of thiazole rings is 1. The first kappa shape index (κ1) is 18.4. The van der Waals surface area contributed by atoms with Gasteiger partial charge in [-0.3, -0.25) is 4.79 Å². The lowest BCUT2D eigenvalue weighted by Gasteiger charge is -2.22. The molecule has 0 saturated carbocycles. The summed E-state index contributed by atoms with van der Waals surface area (Å²) in [5.41, 5.74) is 1.50. The van der Waals surface area contributed by atoms with Crippen LogP contribution in [0.4, 0.5) is 0 Å². The SMILES string of the molecule is CCc1nnsc1C(=O)OCC(=O)N(C)[C@H](C)c1nc2ccccc2s1. The second-order valence-corrected chi connectivity index (χ2v) is 7.50. The van der Waals surface area contributed by atoms with Gasteiger partial charge in [-0.2, -0.15) is 0 Å². The Hall–Kier alpha value is -2.39. The van der Waals surface area contributed by atoms with Crippen molar-refractivity contribution in [2.24, 2.45) is 0 Å². The van der Waals surface area contributed by atoms with Gasteiger partial charge in [0.05, 0.1) is 22.0 Å². The quantitative estimate of drug-likeness (QED) is 0.601. The standard InChI is InChI=1S/C17H18N4O3S2/c1-4-11-15(26-20-19-11)17(23)24-9-14(22)21(3)10(2)16-18-12-7-5-6-8-13(12)25-16/h5-8,10H,4,9H2,1-3H3/t10-/m1/s1. The first-order valence-electron chi connectivity index (χ1n) is 8.10. The molecule has 2 heterocycles. The van der Waals surface area contributed by atoms with Crippen LogP contribution in [0.2, 0.25) is 0 Å². The number of hydrogen-bond acceptors (Lipinski definition) is 8. The van der Waals surface area contributed by atoms with E-state index in [-0.39, 0.29) is 18.6 Å². The van der Waals surface area contributed by atoms with Gasteiger partial charge in [-0.15, -0.1) is 16.4 Å². The number of aryl methyl sites for hydroxylation is 1. The number of ether oxygens (including phenoxy) is 1. The lowest BCUT2D eigenvalue weighted by atomic mass is 10.3. The van der Waals surface area contributed by atoms with Crippen molar-refractivity contribution in [3.63, 3.8) is 0 Å². The number of para-hydroxylation sites is 1. The summed E-state index contributed by atoms with van der Waals surface area (Å²) in [4.78, 5) is 31.0. The number of nitrogens with zero attached hydrogens (tertiary/aromatic N) is 4. The first-order valence-corrected chi connectivity index (χ1v) is 9.69. The van der Waals surface area contributed by atoms with Gasteiger partial charge in [-0.05, 0) is 37.0 Å². The zero-order chi connectivity index (χ0) is 18.7. The molecule has 0 aliphatic rings. The van der Waals surface area contributed by atoms with Crippen molar-refractivity contribution in [1.29, 1.82) is 0 Å². The Kier molecular flexibility index (Phi) is 5.58. The predicted molar refractivity (Wildman–Crippen MR) is 100 cm³/mol. The van der Waals surface area contributed by atoms with Gasteiger partial charge in [0.25, 0.3) is 5.91 Å². The van der Waals surface area contributed by atoms with Crippen LogP contribution in [0.25, 0.3) is 10.2 Å². The van der Waals surface area contributed by atoms with Crippen LogP contribution in [0.3, 0.4) is 0 Å². The zero-order valence-corrected chi connectivity index (χ0v) is 16.3. The highest BCUT2D eigenvalue weighted by molar-refractivity contribution is 7.18. The molecule has 1 atom stereocenters. The number of esters is 1. The molecule has 0 fully saturated rings. The minimum atomic E-state index is -0.564. The van der Waals surface area contributed by atoms with Gasteiger partial charge >= 0.3 is 5.97 Å². The molecule has 0 radical (unpaired) electrons. The van der Waals surface area contributed by atoms with Crippen molar-refractivity contribution in [2.45, 2.75) is 26.3 Å². The fourth-order valence-electron chi connectivity index (χ4n) is 2.34. The third-order valence-electron chi connectivity index (χ3n) is 4.04. The highest BCUT2D eigenvalue weighted by atomic mass is 32.1. The molecule has 26 heavy (non-hydrogen) atoms. The molecule has 3 aromatic rings. The van der Waals surface area contributed by atoms with Crippen molar-refractivity contribution < 1.29 is 14.3 Å². The number of hydrogen-bond donors (Lipinski definition) is 0. The van der Waals surface area contributed by atoms with Crippen LogP contribution in [0.1, 0.15) is 40.3 Å². The molecule has 2 aromatic heterocycles. The normalized spacial score (nSPS) is 12.1. The summed E-state index contributed by atoms with van der Waals surface area (Å²) in [5, 5.41) is 4.71. The molecule has 3 rings (SSSR count). The lowest BCUT2D eigenvalue weighted by Crippen LogP contribution is -2.33. The number of likely N-dealkylation sites (N-methyl/N-ethyl adjacent to an activating group) is 1. The number of amides is 1. The molecular weight excluding hydrogens is 372 g/mol. The maximum atomic E-state index is 12.4. The lowest BCUT2D eigenvalue weighted by molar-refractivity contribution is -0.135. The molecular formula is C17H18N4O3S2. The molecule has 0 spiro atoms. The summed E-state index contributed by atoms with van der Waals surface area (Å²) in [7, 11) is 1.68. The van der Waals surface area contributed by atoms with Gasteiger partial charge in [0, 0.05) is 7.05 Å². The van der Waals surface area contributed by atoms with E-state index >= 15 is 0 Å². The first-order chi connectivity index (χ1) is 12.5. The summed E-state index contributed by atoms with van der Waals surface area (Å²) < 4.78 is 9.97. The van der Waals surface area contributed by atoms with E-state index in [1.54, 1.807) is 18.4 Å². The van der Waals surface area contributed by atoms with Gasteiger partial charge in [-0.1, -0.05) is 23.5 Å². The topological polar surface area (TPSA) is 85.3 Å². The number of rotatable bonds is 6. The highest BCUT2D eigenvalue weighted by Crippen LogP contribution is 2.28. The molecule has 0 unspecified atom stereocenters. The van der Waals surface area contributed by atoms with Crippen LogP contribution in [-0.2, 0) is 16.0 Å². The van der Waals surface area contributed by atoms with E-state index in [0.717, 1.165) is 26.8 Å². The van der Waals surface area contributed by atoms with Crippen LogP contribution < -0.4 is 0 Å². The smallest absolute Gasteiger partial charge is 0.352 e. The van der Waals surface area contributed by atoms with Gasteiger partial charge in [0.1, 0.15) is 5.01 Å². The predicted octanol–water partition coefficient (Wildman–Crippen LogP) is 3.09. The molecule has 1 amide bonds. The van der Waals surface area contributed by atoms with E-state index in [2.05, 4.69) is 14.6 Å². The van der Waals surface area contributed by atoms with E-state index in [1.165, 1.54) is 4.90 Å². The summed E-state index contributed by atoms with van der Waals surface area (Å²) in [6, 6.07) is 7.63. The summed E-state index contributed by atoms with van der Waals surface area (Å²) in [6.07, 6.45) is 0.587. The van der Waals surface area contributed by atoms with E-state index < -0.39 is 5.97 Å². The Bertz CT molecular complexity index is 904. The third kappa shape index (κ3) is 3.73. The van der Waals surface area contributed by atoms with Gasteiger partial charge in [-0.25, -0.2) is 9.78 Å². The molecule has 0 aliphatic heterocycles. The Morgan fingerprint density at radius 3 is 2.81 bits per heavy atom. The second kappa shape index (κ2) is 7.88. The van der Waals surface area contributed by atoms with E-state index in [0.29, 0.717) is 17.0 Å². The number of carbonyl (C=O) groups is 2. The monoisotopic (exact) mass is 390 g/mol. The van der Waals surface area contributed by atoms with Gasteiger partial charge in [0.15, 0.2) is 11.5 Å². The molecule has 0 bridgehead atoms. The van der Waals surface area contributed by atoms with Crippen LogP contribution in [0, 0.1) is 0 Å². The largest absolute Gasteiger partial charge is 0.451 e. The van der Waals surface area contributed by atoms with E-state index in [9.17, 15) is 9.59 Å². The molecule has 1 aromatic carbocycles. The van der Waals surface area contributed by atoms with Crippen molar-refractivity contribution in [3.8, 4) is 0 Å². The Labute approximate surface area is 158 Å². The Balaban J connectivity index is 1.62. The minimum Gasteiger partial charge on any atom is -0.451 e. The van der Waals surface area contributed by atoms with Crippen LogP contribution in [-0.4, -0.2) is 45.0 Å². The van der Waals surface area contributed by atoms with Crippen LogP contribution in [0.5, 0.6) is 0 Å². The van der Waals surface area contributed by atoms with Crippen molar-refractivity contribution in [1.82, 2.24) is 19.5 Å². The molecule has 136 valence electrons. The van der Waals surface area contributed by atoms with E-state index in [4.69, 9.17) is 4.74 Å². The average molecular weight is 390 g/mol. The number of carbonyl (C=O) groups excluding carboxylic acids is 2. The zero-order valence-electron chi connectivity index (χ0n) is 14.6. The Morgan fingerprint density at radius 2 is 2.08 bits per heavy atom. The summed E-state index contributed by atoms with van der Waals surface area (Å²) >= 11 is 2.53. The van der Waals surface area contributed by atoms with Crippen LogP contribution in [0.15, 0.2) is 24.3 Å². The van der Waals surface area contributed by atoms with Gasteiger partial charge < -0.3 is 9.64 Å². The molecule has 0 aliphatic carbocycles. The third-order valence-corrected chi connectivity index (χ3v) is 6.00. The highest BCUT2D eigenvalue weighted by Gasteiger charge is 2.23. The average Bonchev–Trinajstić information content (AvgIpc) is 3.30. The number of benzene rings is 1. The van der Waals surface area contributed by atoms with Crippen molar-refractivity contribution >= 4 is 45.0 Å².